The number of aldehydes is 1. The van der Waals surface area contributed by atoms with E-state index in [9.17, 15) is 9.18 Å². The van der Waals surface area contributed by atoms with E-state index >= 15 is 0 Å². The molecule has 4 nitrogen and oxygen atoms in total. The highest BCUT2D eigenvalue weighted by molar-refractivity contribution is 5.93. The predicted molar refractivity (Wildman–Crippen MR) is 139 cm³/mol. The van der Waals surface area contributed by atoms with Crippen molar-refractivity contribution in [1.82, 2.24) is 10.2 Å². The van der Waals surface area contributed by atoms with Crippen molar-refractivity contribution >= 4 is 28.4 Å². The molecule has 1 aliphatic heterocycles. The van der Waals surface area contributed by atoms with Gasteiger partial charge in [-0.2, -0.15) is 9.49 Å². The van der Waals surface area contributed by atoms with Crippen LogP contribution in [0.4, 0.5) is 10.1 Å². The first-order valence-corrected chi connectivity index (χ1v) is 13.4. The van der Waals surface area contributed by atoms with Gasteiger partial charge in [0.15, 0.2) is 0 Å². The second-order valence-electron chi connectivity index (χ2n) is 10.6. The summed E-state index contributed by atoms with van der Waals surface area (Å²) in [5.41, 5.74) is 8.39. The summed E-state index contributed by atoms with van der Waals surface area (Å²) in [6.45, 7) is 1.86. The van der Waals surface area contributed by atoms with Crippen molar-refractivity contribution in [3.05, 3.63) is 64.6 Å². The van der Waals surface area contributed by atoms with Crippen molar-refractivity contribution in [3.8, 4) is 0 Å². The standard InChI is InChI=1S/C30H34FN3O/c31-30-29-25-8-4-7-24(21-5-2-1-3-6-21)28(26(25)13-14-27(29)32-33-30)22-9-11-23(12-10-22)34-17-15-20(19-35)16-18-34/h9-14,19-21H,1-8,15-18H2,(H,32,33). The number of hydrogen-bond acceptors (Lipinski definition) is 3. The highest BCUT2D eigenvalue weighted by Gasteiger charge is 2.28. The van der Waals surface area contributed by atoms with Crippen LogP contribution >= 0.6 is 0 Å². The molecule has 2 aromatic carbocycles. The summed E-state index contributed by atoms with van der Waals surface area (Å²) in [4.78, 5) is 13.5. The number of halogens is 1. The van der Waals surface area contributed by atoms with Crippen LogP contribution in [-0.4, -0.2) is 29.6 Å². The first kappa shape index (κ1) is 22.5. The number of nitrogens with one attached hydrogen (secondary N) is 1. The maximum absolute atomic E-state index is 14.8. The Morgan fingerprint density at radius 2 is 1.69 bits per heavy atom. The summed E-state index contributed by atoms with van der Waals surface area (Å²) in [5.74, 6) is 0.513. The van der Waals surface area contributed by atoms with Crippen molar-refractivity contribution < 1.29 is 9.18 Å². The maximum Gasteiger partial charge on any atom is 0.217 e. The molecule has 0 spiro atoms. The van der Waals surface area contributed by atoms with Crippen LogP contribution in [0.3, 0.4) is 0 Å². The lowest BCUT2D eigenvalue weighted by Crippen LogP contribution is -2.34. The van der Waals surface area contributed by atoms with Gasteiger partial charge in [-0.15, -0.1) is 0 Å². The number of aromatic amines is 1. The van der Waals surface area contributed by atoms with Gasteiger partial charge in [-0.25, -0.2) is 0 Å². The number of hydrogen-bond donors (Lipinski definition) is 1. The number of H-pyrrole nitrogens is 1. The van der Waals surface area contributed by atoms with Gasteiger partial charge in [-0.05, 0) is 91.3 Å². The Morgan fingerprint density at radius 3 is 2.43 bits per heavy atom. The number of carbonyl (C=O) groups is 1. The van der Waals surface area contributed by atoms with E-state index in [4.69, 9.17) is 0 Å². The SMILES string of the molecule is O=CC1CCN(c2ccc(C3=C(C4CCCCC4)CCCc4c3ccc3n[nH]c(F)c43)cc2)CC1. The number of rotatable bonds is 4. The van der Waals surface area contributed by atoms with Gasteiger partial charge in [0.2, 0.25) is 5.95 Å². The molecule has 0 atom stereocenters. The zero-order valence-corrected chi connectivity index (χ0v) is 20.4. The molecule has 3 aliphatic rings. The Balaban J connectivity index is 1.43. The summed E-state index contributed by atoms with van der Waals surface area (Å²) in [7, 11) is 0. The van der Waals surface area contributed by atoms with E-state index in [0.717, 1.165) is 62.6 Å². The van der Waals surface area contributed by atoms with Gasteiger partial charge in [0, 0.05) is 24.7 Å². The fourth-order valence-corrected chi connectivity index (χ4v) is 6.72. The Bertz CT molecular complexity index is 1240. The number of nitrogens with zero attached hydrogens (tertiary/aromatic N) is 2. The monoisotopic (exact) mass is 471 g/mol. The fraction of sp³-hybridized carbons (Fsp3) is 0.467. The Hall–Kier alpha value is -2.95. The van der Waals surface area contributed by atoms with Crippen molar-refractivity contribution in [2.75, 3.05) is 18.0 Å². The van der Waals surface area contributed by atoms with Gasteiger partial charge in [-0.3, -0.25) is 5.10 Å². The van der Waals surface area contributed by atoms with Crippen LogP contribution < -0.4 is 4.90 Å². The third-order valence-electron chi connectivity index (χ3n) is 8.60. The lowest BCUT2D eigenvalue weighted by Gasteiger charge is -2.32. The molecular formula is C30H34FN3O. The molecule has 2 aliphatic carbocycles. The molecule has 3 aromatic rings. The van der Waals surface area contributed by atoms with Crippen molar-refractivity contribution in [2.24, 2.45) is 11.8 Å². The van der Waals surface area contributed by atoms with Crippen LogP contribution in [0.15, 0.2) is 42.0 Å². The third kappa shape index (κ3) is 4.19. The number of anilines is 1. The quantitative estimate of drug-likeness (QED) is 0.424. The first-order chi connectivity index (χ1) is 17.2. The molecule has 0 bridgehead atoms. The number of benzene rings is 2. The van der Waals surface area contributed by atoms with E-state index in [1.165, 1.54) is 54.5 Å². The minimum atomic E-state index is -0.314. The van der Waals surface area contributed by atoms with Crippen molar-refractivity contribution in [2.45, 2.75) is 64.2 Å². The van der Waals surface area contributed by atoms with Gasteiger partial charge in [-0.1, -0.05) is 43.0 Å². The van der Waals surface area contributed by atoms with Gasteiger partial charge in [0.1, 0.15) is 6.29 Å². The Kier molecular flexibility index (Phi) is 6.17. The lowest BCUT2D eigenvalue weighted by atomic mass is 9.78. The van der Waals surface area contributed by atoms with E-state index in [1.807, 2.05) is 6.07 Å². The minimum Gasteiger partial charge on any atom is -0.371 e. The summed E-state index contributed by atoms with van der Waals surface area (Å²) >= 11 is 0. The van der Waals surface area contributed by atoms with Crippen LogP contribution in [0, 0.1) is 17.8 Å². The number of piperidine rings is 1. The molecule has 1 aromatic heterocycles. The third-order valence-corrected chi connectivity index (χ3v) is 8.60. The van der Waals surface area contributed by atoms with Gasteiger partial charge < -0.3 is 9.69 Å². The second kappa shape index (κ2) is 9.60. The lowest BCUT2D eigenvalue weighted by molar-refractivity contribution is -0.111. The van der Waals surface area contributed by atoms with Gasteiger partial charge >= 0.3 is 0 Å². The van der Waals surface area contributed by atoms with E-state index in [2.05, 4.69) is 45.4 Å². The zero-order valence-electron chi connectivity index (χ0n) is 20.4. The average molecular weight is 472 g/mol. The number of allylic oxidation sites excluding steroid dienone is 1. The summed E-state index contributed by atoms with van der Waals surface area (Å²) in [6.07, 6.45) is 12.5. The van der Waals surface area contributed by atoms with Gasteiger partial charge in [0.05, 0.1) is 10.9 Å². The Labute approximate surface area is 206 Å². The Morgan fingerprint density at radius 1 is 0.914 bits per heavy atom. The smallest absolute Gasteiger partial charge is 0.217 e. The van der Waals surface area contributed by atoms with E-state index in [0.29, 0.717) is 11.3 Å². The normalized spacial score (nSPS) is 20.2. The van der Waals surface area contributed by atoms with E-state index in [-0.39, 0.29) is 11.9 Å². The molecule has 5 heteroatoms. The second-order valence-corrected chi connectivity index (χ2v) is 10.6. The van der Waals surface area contributed by atoms with Crippen molar-refractivity contribution in [3.63, 3.8) is 0 Å². The van der Waals surface area contributed by atoms with Crippen LogP contribution in [0.25, 0.3) is 16.5 Å². The molecule has 2 fully saturated rings. The summed E-state index contributed by atoms with van der Waals surface area (Å²) < 4.78 is 14.8. The minimum absolute atomic E-state index is 0.205. The topological polar surface area (TPSA) is 49.0 Å². The molecule has 1 saturated heterocycles. The molecule has 6 rings (SSSR count). The van der Waals surface area contributed by atoms with Crippen LogP contribution in [-0.2, 0) is 11.2 Å². The summed E-state index contributed by atoms with van der Waals surface area (Å²) in [5, 5.41) is 7.43. The summed E-state index contributed by atoms with van der Waals surface area (Å²) in [6, 6.07) is 13.2. The molecule has 0 amide bonds. The number of carbonyl (C=O) groups excluding carboxylic acids is 1. The van der Waals surface area contributed by atoms with Crippen molar-refractivity contribution in [1.29, 1.82) is 0 Å². The maximum atomic E-state index is 14.8. The largest absolute Gasteiger partial charge is 0.371 e. The molecule has 1 saturated carbocycles. The fourth-order valence-electron chi connectivity index (χ4n) is 6.72. The van der Waals surface area contributed by atoms with Crippen LogP contribution in [0.2, 0.25) is 0 Å². The zero-order chi connectivity index (χ0) is 23.8. The molecule has 0 radical (unpaired) electrons. The van der Waals surface area contributed by atoms with E-state index < -0.39 is 0 Å². The molecule has 182 valence electrons. The highest BCUT2D eigenvalue weighted by atomic mass is 19.1. The number of fused-ring (bicyclic) bond motifs is 3. The van der Waals surface area contributed by atoms with Crippen LogP contribution in [0.5, 0.6) is 0 Å². The molecular weight excluding hydrogens is 437 g/mol. The molecule has 0 unspecified atom stereocenters. The van der Waals surface area contributed by atoms with E-state index in [1.54, 1.807) is 5.57 Å². The molecule has 1 N–H and O–H groups in total. The average Bonchev–Trinajstić information content (AvgIpc) is 3.19. The predicted octanol–water partition coefficient (Wildman–Crippen LogP) is 6.84. The number of aryl methyl sites for hydroxylation is 1. The molecule has 35 heavy (non-hydrogen) atoms. The van der Waals surface area contributed by atoms with Crippen LogP contribution in [0.1, 0.15) is 74.5 Å². The molecule has 2 heterocycles. The van der Waals surface area contributed by atoms with Gasteiger partial charge in [0.25, 0.3) is 0 Å². The highest BCUT2D eigenvalue weighted by Crippen LogP contribution is 2.44. The number of aromatic nitrogens is 2. The first-order valence-electron chi connectivity index (χ1n) is 13.4.